The summed E-state index contributed by atoms with van der Waals surface area (Å²) < 4.78 is 86.7. The van der Waals surface area contributed by atoms with E-state index in [1.54, 1.807) is 6.92 Å². The molecule has 0 aliphatic rings. The van der Waals surface area contributed by atoms with E-state index in [-0.39, 0.29) is 24.8 Å². The third-order valence-electron chi connectivity index (χ3n) is 6.46. The number of hydrogen-bond acceptors (Lipinski definition) is 10. The van der Waals surface area contributed by atoms with Crippen molar-refractivity contribution in [3.8, 4) is 0 Å². The maximum Gasteiger partial charge on any atom is 0.418 e. The molecule has 49 heavy (non-hydrogen) atoms. The van der Waals surface area contributed by atoms with E-state index in [0.29, 0.717) is 6.07 Å². The van der Waals surface area contributed by atoms with Crippen LogP contribution in [0.3, 0.4) is 0 Å². The molecule has 1 heterocycles. The monoisotopic (exact) mass is 743 g/mol. The van der Waals surface area contributed by atoms with Crippen molar-refractivity contribution in [1.29, 1.82) is 0 Å². The number of benzene rings is 2. The maximum absolute atomic E-state index is 13.0. The van der Waals surface area contributed by atoms with Gasteiger partial charge in [-0.2, -0.15) is 26.3 Å². The molecular formula is C28H25Cl2F6N5O8. The zero-order valence-electron chi connectivity index (χ0n) is 25.8. The van der Waals surface area contributed by atoms with Gasteiger partial charge in [-0.05, 0) is 38.0 Å². The molecule has 21 heteroatoms. The molecule has 1 amide bonds. The molecule has 0 radical (unpaired) electrons. The van der Waals surface area contributed by atoms with Crippen LogP contribution in [0.15, 0.2) is 36.5 Å². The fraction of sp³-hybridized carbons (Fsp3) is 0.321. The molecule has 3 rings (SSSR count). The minimum Gasteiger partial charge on any atom is -0.467 e. The van der Waals surface area contributed by atoms with Crippen LogP contribution in [0.4, 0.5) is 54.9 Å². The van der Waals surface area contributed by atoms with Crippen molar-refractivity contribution in [3.63, 3.8) is 0 Å². The van der Waals surface area contributed by atoms with Gasteiger partial charge in [0.2, 0.25) is 0 Å². The zero-order valence-corrected chi connectivity index (χ0v) is 27.3. The number of nitrogens with one attached hydrogen (secondary N) is 1. The summed E-state index contributed by atoms with van der Waals surface area (Å²) >= 11 is 11.1. The van der Waals surface area contributed by atoms with E-state index in [2.05, 4.69) is 4.98 Å². The Morgan fingerprint density at radius 1 is 1.00 bits per heavy atom. The number of para-hydroxylation sites is 1. The molecule has 1 atom stereocenters. The predicted molar refractivity (Wildman–Crippen MR) is 164 cm³/mol. The van der Waals surface area contributed by atoms with Gasteiger partial charge in [-0.25, -0.2) is 9.78 Å². The standard InChI is InChI=1S/C15H21NO4.C13H4Cl2F6N4O4/c1-10-7-6-8-11(2)14(10)16(13(17)9-19-4)12(3)15(18)20-5;14-6-1-4(12(16,17)18)3-22-11(6)23-9-7(24(26)27)2-5(13(19,20)21)8(15)10(9)25(28)29/h6-8,12H,9H2,1-5H3;1-3H,(H,22,23). The van der Waals surface area contributed by atoms with Crippen molar-refractivity contribution in [3.05, 3.63) is 89.1 Å². The number of halogens is 8. The smallest absolute Gasteiger partial charge is 0.418 e. The number of nitro groups is 2. The van der Waals surface area contributed by atoms with E-state index in [0.717, 1.165) is 16.8 Å². The number of aryl methyl sites for hydroxylation is 2. The number of hydrogen-bond donors (Lipinski definition) is 1. The summed E-state index contributed by atoms with van der Waals surface area (Å²) in [7, 11) is 2.76. The van der Waals surface area contributed by atoms with Crippen LogP contribution in [-0.2, 0) is 31.4 Å². The average molecular weight is 744 g/mol. The minimum atomic E-state index is -5.27. The van der Waals surface area contributed by atoms with Crippen LogP contribution in [0.1, 0.15) is 29.2 Å². The molecule has 0 aliphatic carbocycles. The molecule has 0 saturated carbocycles. The van der Waals surface area contributed by atoms with E-state index < -0.39 is 78.3 Å². The molecule has 2 aromatic carbocycles. The average Bonchev–Trinajstić information content (AvgIpc) is 2.98. The molecular weight excluding hydrogens is 719 g/mol. The van der Waals surface area contributed by atoms with Crippen molar-refractivity contribution in [2.45, 2.75) is 39.2 Å². The molecule has 0 bridgehead atoms. The Bertz CT molecular complexity index is 1740. The fourth-order valence-electron chi connectivity index (χ4n) is 4.27. The number of alkyl halides is 6. The number of aromatic nitrogens is 1. The molecule has 1 N–H and O–H groups in total. The molecule has 1 unspecified atom stereocenters. The summed E-state index contributed by atoms with van der Waals surface area (Å²) in [6.07, 6.45) is -9.85. The second kappa shape index (κ2) is 16.1. The van der Waals surface area contributed by atoms with Gasteiger partial charge in [0, 0.05) is 19.4 Å². The van der Waals surface area contributed by atoms with Gasteiger partial charge in [-0.15, -0.1) is 0 Å². The lowest BCUT2D eigenvalue weighted by molar-refractivity contribution is -0.392. The molecule has 0 aliphatic heterocycles. The van der Waals surface area contributed by atoms with Crippen molar-refractivity contribution in [1.82, 2.24) is 4.98 Å². The van der Waals surface area contributed by atoms with Crippen molar-refractivity contribution < 1.29 is 55.3 Å². The maximum atomic E-state index is 13.0. The highest BCUT2D eigenvalue weighted by Gasteiger charge is 2.42. The predicted octanol–water partition coefficient (Wildman–Crippen LogP) is 7.83. The molecule has 266 valence electrons. The summed E-state index contributed by atoms with van der Waals surface area (Å²) in [5, 5.41) is 22.1. The fourth-order valence-corrected chi connectivity index (χ4v) is 4.81. The van der Waals surface area contributed by atoms with Gasteiger partial charge < -0.3 is 14.8 Å². The van der Waals surface area contributed by atoms with Crippen LogP contribution in [0.5, 0.6) is 0 Å². The largest absolute Gasteiger partial charge is 0.467 e. The van der Waals surface area contributed by atoms with Gasteiger partial charge in [0.15, 0.2) is 5.69 Å². The van der Waals surface area contributed by atoms with E-state index in [1.807, 2.05) is 37.4 Å². The lowest BCUT2D eigenvalue weighted by Crippen LogP contribution is -2.46. The number of anilines is 3. The van der Waals surface area contributed by atoms with Gasteiger partial charge >= 0.3 is 29.7 Å². The first-order valence-electron chi connectivity index (χ1n) is 13.3. The number of rotatable bonds is 9. The van der Waals surface area contributed by atoms with E-state index in [1.165, 1.54) is 19.1 Å². The normalized spacial score (nSPS) is 11.9. The molecule has 0 spiro atoms. The lowest BCUT2D eigenvalue weighted by Gasteiger charge is -2.30. The van der Waals surface area contributed by atoms with Crippen LogP contribution in [0.2, 0.25) is 10.0 Å². The molecule has 13 nitrogen and oxygen atoms in total. The summed E-state index contributed by atoms with van der Waals surface area (Å²) in [4.78, 5) is 48.4. The van der Waals surface area contributed by atoms with E-state index in [9.17, 15) is 56.2 Å². The molecule has 3 aromatic rings. The molecule has 0 fully saturated rings. The number of pyridine rings is 1. The SMILES string of the molecule is COCC(=O)N(c1c(C)cccc1C)C(C)C(=O)OC.O=[N+]([O-])c1cc(C(F)(F)F)c(Cl)c([N+](=O)[O-])c1Nc1ncc(C(F)(F)F)cc1Cl. The Hall–Kier alpha value is -4.75. The van der Waals surface area contributed by atoms with Crippen molar-refractivity contribution in [2.24, 2.45) is 0 Å². The first kappa shape index (κ1) is 40.4. The van der Waals surface area contributed by atoms with Crippen LogP contribution in [0, 0.1) is 34.1 Å². The third kappa shape index (κ3) is 9.67. The quantitative estimate of drug-likeness (QED) is 0.0987. The number of nitrogens with zero attached hydrogens (tertiary/aromatic N) is 4. The van der Waals surface area contributed by atoms with Crippen LogP contribution in [-0.4, -0.2) is 53.6 Å². The number of esters is 1. The Kier molecular flexibility index (Phi) is 13.3. The van der Waals surface area contributed by atoms with Crippen LogP contribution >= 0.6 is 23.2 Å². The molecule has 0 saturated heterocycles. The Labute approximate surface area is 283 Å². The number of methoxy groups -OCH3 is 2. The number of carbonyl (C=O) groups is 2. The van der Waals surface area contributed by atoms with Crippen LogP contribution in [0.25, 0.3) is 0 Å². The first-order chi connectivity index (χ1) is 22.6. The topological polar surface area (TPSA) is 167 Å². The Morgan fingerprint density at radius 2 is 1.57 bits per heavy atom. The highest BCUT2D eigenvalue weighted by molar-refractivity contribution is 6.35. The Morgan fingerprint density at radius 3 is 2.00 bits per heavy atom. The van der Waals surface area contributed by atoms with Gasteiger partial charge in [0.25, 0.3) is 5.91 Å². The lowest BCUT2D eigenvalue weighted by atomic mass is 10.1. The Balaban J connectivity index is 0.000000365. The summed E-state index contributed by atoms with van der Waals surface area (Å²) in [6, 6.07) is 5.31. The first-order valence-corrected chi connectivity index (χ1v) is 14.0. The number of carbonyl (C=O) groups excluding carboxylic acids is 2. The molecule has 1 aromatic heterocycles. The van der Waals surface area contributed by atoms with Gasteiger partial charge in [-0.1, -0.05) is 41.4 Å². The van der Waals surface area contributed by atoms with Crippen molar-refractivity contribution in [2.75, 3.05) is 31.0 Å². The third-order valence-corrected chi connectivity index (χ3v) is 7.13. The summed E-state index contributed by atoms with van der Waals surface area (Å²) in [6.45, 7) is 5.36. The minimum absolute atomic E-state index is 0.0599. The highest BCUT2D eigenvalue weighted by atomic mass is 35.5. The van der Waals surface area contributed by atoms with Gasteiger partial charge in [-0.3, -0.25) is 29.9 Å². The number of nitro benzene ring substituents is 2. The van der Waals surface area contributed by atoms with Gasteiger partial charge in [0.05, 0.1) is 38.8 Å². The summed E-state index contributed by atoms with van der Waals surface area (Å²) in [5.74, 6) is -1.46. The van der Waals surface area contributed by atoms with Gasteiger partial charge in [0.1, 0.15) is 23.5 Å². The van der Waals surface area contributed by atoms with E-state index >= 15 is 0 Å². The van der Waals surface area contributed by atoms with E-state index in [4.69, 9.17) is 32.7 Å². The second-order valence-corrected chi connectivity index (χ2v) is 10.6. The van der Waals surface area contributed by atoms with Crippen LogP contribution < -0.4 is 10.2 Å². The second-order valence-electron chi connectivity index (χ2n) is 9.81. The summed E-state index contributed by atoms with van der Waals surface area (Å²) in [5.41, 5.74) is -4.69. The zero-order chi connectivity index (χ0) is 37.6. The van der Waals surface area contributed by atoms with Crippen molar-refractivity contribution >= 4 is 63.6 Å². The highest BCUT2D eigenvalue weighted by Crippen LogP contribution is 2.48. The number of ether oxygens (including phenoxy) is 2. The number of amides is 1.